The fraction of sp³-hybridized carbons (Fsp3) is 0.294. The quantitative estimate of drug-likeness (QED) is 0.835. The molecule has 0 aliphatic rings. The molecule has 0 saturated heterocycles. The van der Waals surface area contributed by atoms with Crippen LogP contribution in [0.5, 0.6) is 0 Å². The first-order chi connectivity index (χ1) is 9.97. The van der Waals surface area contributed by atoms with E-state index in [2.05, 4.69) is 58.2 Å². The van der Waals surface area contributed by atoms with Crippen molar-refractivity contribution in [2.75, 3.05) is 7.05 Å². The van der Waals surface area contributed by atoms with Crippen LogP contribution < -0.4 is 5.73 Å². The fourth-order valence-electron chi connectivity index (χ4n) is 2.64. The molecule has 0 spiro atoms. The summed E-state index contributed by atoms with van der Waals surface area (Å²) >= 11 is 9.53. The lowest BCUT2D eigenvalue weighted by Gasteiger charge is -2.31. The summed E-state index contributed by atoms with van der Waals surface area (Å²) in [7, 11) is 2.09. The summed E-state index contributed by atoms with van der Waals surface area (Å²) in [6.07, 6.45) is 0. The first-order valence-corrected chi connectivity index (χ1v) is 8.10. The Bertz CT molecular complexity index is 584. The van der Waals surface area contributed by atoms with E-state index in [1.54, 1.807) is 0 Å². The molecular weight excluding hydrogens is 348 g/mol. The molecular formula is C17H20BrClN2. The maximum atomic E-state index is 6.21. The highest BCUT2D eigenvalue weighted by Gasteiger charge is 2.21. The molecule has 2 aromatic rings. The van der Waals surface area contributed by atoms with Gasteiger partial charge in [-0.25, -0.2) is 0 Å². The number of nitrogens with zero attached hydrogens (tertiary/aromatic N) is 1. The van der Waals surface area contributed by atoms with Gasteiger partial charge in [0, 0.05) is 28.1 Å². The Balaban J connectivity index is 2.19. The average molecular weight is 368 g/mol. The summed E-state index contributed by atoms with van der Waals surface area (Å²) in [6, 6.07) is 16.5. The first-order valence-electron chi connectivity index (χ1n) is 6.93. The predicted molar refractivity (Wildman–Crippen MR) is 93.5 cm³/mol. The van der Waals surface area contributed by atoms with Crippen LogP contribution in [-0.2, 0) is 6.54 Å². The van der Waals surface area contributed by atoms with Gasteiger partial charge in [0.25, 0.3) is 0 Å². The zero-order valence-electron chi connectivity index (χ0n) is 12.3. The summed E-state index contributed by atoms with van der Waals surface area (Å²) in [5.74, 6) is 0. The third kappa shape index (κ3) is 4.55. The molecule has 2 nitrogen and oxygen atoms in total. The predicted octanol–water partition coefficient (Wildman–Crippen LogP) is 4.62. The van der Waals surface area contributed by atoms with Gasteiger partial charge in [-0.1, -0.05) is 51.8 Å². The number of hydrogen-bond acceptors (Lipinski definition) is 2. The zero-order valence-corrected chi connectivity index (χ0v) is 14.6. The lowest BCUT2D eigenvalue weighted by Crippen LogP contribution is -2.36. The molecule has 2 aromatic carbocycles. The minimum absolute atomic E-state index is 0.0374. The molecule has 2 atom stereocenters. The maximum absolute atomic E-state index is 6.21. The molecule has 0 aromatic heterocycles. The first kappa shape index (κ1) is 16.5. The van der Waals surface area contributed by atoms with E-state index in [9.17, 15) is 0 Å². The number of benzene rings is 2. The Morgan fingerprint density at radius 1 is 1.19 bits per heavy atom. The van der Waals surface area contributed by atoms with E-state index in [0.29, 0.717) is 0 Å². The number of halogens is 2. The molecule has 0 saturated carbocycles. The van der Waals surface area contributed by atoms with Gasteiger partial charge < -0.3 is 5.73 Å². The summed E-state index contributed by atoms with van der Waals surface area (Å²) in [4.78, 5) is 2.26. The minimum atomic E-state index is 0.0374. The SMILES string of the molecule is CC(N)C(c1ccc(Br)cc1)N(C)Cc1cccc(Cl)c1. The van der Waals surface area contributed by atoms with Crippen LogP contribution in [0.15, 0.2) is 53.0 Å². The van der Waals surface area contributed by atoms with Crippen LogP contribution in [0.4, 0.5) is 0 Å². The van der Waals surface area contributed by atoms with E-state index in [0.717, 1.165) is 16.0 Å². The van der Waals surface area contributed by atoms with Crippen LogP contribution in [0, 0.1) is 0 Å². The third-order valence-electron chi connectivity index (χ3n) is 3.51. The Morgan fingerprint density at radius 2 is 1.86 bits per heavy atom. The highest BCUT2D eigenvalue weighted by atomic mass is 79.9. The summed E-state index contributed by atoms with van der Waals surface area (Å²) in [6.45, 7) is 2.85. The maximum Gasteiger partial charge on any atom is 0.0496 e. The van der Waals surface area contributed by atoms with Crippen LogP contribution in [0.3, 0.4) is 0 Å². The molecule has 0 aliphatic heterocycles. The lowest BCUT2D eigenvalue weighted by atomic mass is 9.99. The van der Waals surface area contributed by atoms with Crippen molar-refractivity contribution in [2.24, 2.45) is 5.73 Å². The van der Waals surface area contributed by atoms with Crippen molar-refractivity contribution in [3.8, 4) is 0 Å². The second kappa shape index (κ2) is 7.41. The van der Waals surface area contributed by atoms with Gasteiger partial charge in [0.15, 0.2) is 0 Å². The van der Waals surface area contributed by atoms with E-state index < -0.39 is 0 Å². The van der Waals surface area contributed by atoms with Crippen molar-refractivity contribution in [3.63, 3.8) is 0 Å². The standard InChI is InChI=1S/C17H20BrClN2/c1-12(20)17(14-6-8-15(18)9-7-14)21(2)11-13-4-3-5-16(19)10-13/h3-10,12,17H,11,20H2,1-2H3. The topological polar surface area (TPSA) is 29.3 Å². The minimum Gasteiger partial charge on any atom is -0.326 e. The van der Waals surface area contributed by atoms with Crippen molar-refractivity contribution in [2.45, 2.75) is 25.6 Å². The molecule has 2 rings (SSSR count). The molecule has 0 aliphatic carbocycles. The average Bonchev–Trinajstić information content (AvgIpc) is 2.41. The third-order valence-corrected chi connectivity index (χ3v) is 4.27. The van der Waals surface area contributed by atoms with Crippen molar-refractivity contribution >= 4 is 27.5 Å². The van der Waals surface area contributed by atoms with Gasteiger partial charge in [-0.05, 0) is 49.4 Å². The van der Waals surface area contributed by atoms with E-state index >= 15 is 0 Å². The van der Waals surface area contributed by atoms with Crippen molar-refractivity contribution in [3.05, 3.63) is 69.2 Å². The van der Waals surface area contributed by atoms with E-state index in [1.807, 2.05) is 25.1 Å². The number of rotatable bonds is 5. The molecule has 21 heavy (non-hydrogen) atoms. The van der Waals surface area contributed by atoms with Crippen molar-refractivity contribution < 1.29 is 0 Å². The van der Waals surface area contributed by atoms with Crippen molar-refractivity contribution in [1.29, 1.82) is 0 Å². The Kier molecular flexibility index (Phi) is 5.82. The van der Waals surface area contributed by atoms with Gasteiger partial charge in [-0.3, -0.25) is 4.90 Å². The highest BCUT2D eigenvalue weighted by Crippen LogP contribution is 2.26. The molecule has 112 valence electrons. The summed E-state index contributed by atoms with van der Waals surface area (Å²) in [5, 5.41) is 0.766. The van der Waals surface area contributed by atoms with Crippen LogP contribution >= 0.6 is 27.5 Å². The van der Waals surface area contributed by atoms with Crippen LogP contribution in [0.2, 0.25) is 5.02 Å². The number of nitrogens with two attached hydrogens (primary N) is 1. The molecule has 0 heterocycles. The van der Waals surface area contributed by atoms with Gasteiger partial charge in [-0.2, -0.15) is 0 Å². The van der Waals surface area contributed by atoms with Crippen molar-refractivity contribution in [1.82, 2.24) is 4.90 Å². The van der Waals surface area contributed by atoms with E-state index in [1.165, 1.54) is 11.1 Å². The van der Waals surface area contributed by atoms with Gasteiger partial charge in [0.05, 0.1) is 0 Å². The van der Waals surface area contributed by atoms with Crippen LogP contribution in [0.1, 0.15) is 24.1 Å². The summed E-state index contributed by atoms with van der Waals surface area (Å²) < 4.78 is 1.08. The van der Waals surface area contributed by atoms with Crippen LogP contribution in [-0.4, -0.2) is 18.0 Å². The van der Waals surface area contributed by atoms with E-state index in [-0.39, 0.29) is 12.1 Å². The number of likely N-dealkylation sites (N-methyl/N-ethyl adjacent to an activating group) is 1. The largest absolute Gasteiger partial charge is 0.326 e. The Morgan fingerprint density at radius 3 is 2.43 bits per heavy atom. The number of hydrogen-bond donors (Lipinski definition) is 1. The zero-order chi connectivity index (χ0) is 15.4. The Hall–Kier alpha value is -0.870. The normalized spacial score (nSPS) is 14.2. The second-order valence-electron chi connectivity index (χ2n) is 5.40. The van der Waals surface area contributed by atoms with Gasteiger partial charge in [0.2, 0.25) is 0 Å². The molecule has 0 amide bonds. The molecule has 0 bridgehead atoms. The fourth-order valence-corrected chi connectivity index (χ4v) is 3.12. The second-order valence-corrected chi connectivity index (χ2v) is 6.75. The summed E-state index contributed by atoms with van der Waals surface area (Å²) in [5.41, 5.74) is 8.62. The smallest absolute Gasteiger partial charge is 0.0496 e. The van der Waals surface area contributed by atoms with Gasteiger partial charge in [-0.15, -0.1) is 0 Å². The van der Waals surface area contributed by atoms with E-state index in [4.69, 9.17) is 17.3 Å². The lowest BCUT2D eigenvalue weighted by molar-refractivity contribution is 0.211. The molecule has 4 heteroatoms. The molecule has 0 radical (unpaired) electrons. The van der Waals surface area contributed by atoms with Gasteiger partial charge >= 0.3 is 0 Å². The van der Waals surface area contributed by atoms with Gasteiger partial charge in [0.1, 0.15) is 0 Å². The highest BCUT2D eigenvalue weighted by molar-refractivity contribution is 9.10. The molecule has 2 N–H and O–H groups in total. The van der Waals surface area contributed by atoms with Crippen LogP contribution in [0.25, 0.3) is 0 Å². The monoisotopic (exact) mass is 366 g/mol. The molecule has 0 fully saturated rings. The Labute approximate surface area is 140 Å². The molecule has 2 unspecified atom stereocenters.